The highest BCUT2D eigenvalue weighted by atomic mass is 15.2. The average molecular weight is 207 g/mol. The lowest BCUT2D eigenvalue weighted by Gasteiger charge is -2.30. The smallest absolute Gasteiger partial charge is 0.0948 e. The first-order valence-electron chi connectivity index (χ1n) is 5.95. The SMILES string of the molecule is Cc1cncn1CCN1CCC(C)CC1. The van der Waals surface area contributed by atoms with Crippen molar-refractivity contribution in [2.75, 3.05) is 19.6 Å². The second kappa shape index (κ2) is 4.79. The van der Waals surface area contributed by atoms with Gasteiger partial charge in [0.05, 0.1) is 6.33 Å². The van der Waals surface area contributed by atoms with Crippen molar-refractivity contribution in [2.45, 2.75) is 33.2 Å². The predicted molar refractivity (Wildman–Crippen MR) is 61.8 cm³/mol. The van der Waals surface area contributed by atoms with Crippen LogP contribution >= 0.6 is 0 Å². The molecule has 2 heterocycles. The van der Waals surface area contributed by atoms with Gasteiger partial charge >= 0.3 is 0 Å². The molecule has 1 aromatic rings. The zero-order valence-corrected chi connectivity index (χ0v) is 9.82. The molecule has 1 aliphatic rings. The van der Waals surface area contributed by atoms with Crippen LogP contribution in [0.4, 0.5) is 0 Å². The molecule has 0 atom stereocenters. The number of aryl methyl sites for hydroxylation is 1. The van der Waals surface area contributed by atoms with Crippen LogP contribution in [0.3, 0.4) is 0 Å². The number of imidazole rings is 1. The fourth-order valence-corrected chi connectivity index (χ4v) is 2.16. The van der Waals surface area contributed by atoms with Gasteiger partial charge in [-0.3, -0.25) is 0 Å². The molecule has 15 heavy (non-hydrogen) atoms. The molecular formula is C12H21N3. The van der Waals surface area contributed by atoms with Crippen molar-refractivity contribution in [3.8, 4) is 0 Å². The van der Waals surface area contributed by atoms with Gasteiger partial charge in [0.1, 0.15) is 0 Å². The summed E-state index contributed by atoms with van der Waals surface area (Å²) in [4.78, 5) is 6.71. The maximum atomic E-state index is 4.14. The molecule has 84 valence electrons. The Morgan fingerprint density at radius 1 is 1.33 bits per heavy atom. The summed E-state index contributed by atoms with van der Waals surface area (Å²) in [7, 11) is 0. The van der Waals surface area contributed by atoms with Crippen molar-refractivity contribution in [3.05, 3.63) is 18.2 Å². The van der Waals surface area contributed by atoms with E-state index in [1.54, 1.807) is 0 Å². The van der Waals surface area contributed by atoms with Crippen LogP contribution in [-0.4, -0.2) is 34.1 Å². The molecule has 0 spiro atoms. The number of nitrogens with zero attached hydrogens (tertiary/aromatic N) is 3. The average Bonchev–Trinajstić information content (AvgIpc) is 2.63. The van der Waals surface area contributed by atoms with E-state index < -0.39 is 0 Å². The fraction of sp³-hybridized carbons (Fsp3) is 0.750. The summed E-state index contributed by atoms with van der Waals surface area (Å²) >= 11 is 0. The van der Waals surface area contributed by atoms with Gasteiger partial charge in [-0.25, -0.2) is 4.98 Å². The van der Waals surface area contributed by atoms with E-state index in [0.717, 1.165) is 12.5 Å². The molecule has 0 N–H and O–H groups in total. The molecule has 3 nitrogen and oxygen atoms in total. The summed E-state index contributed by atoms with van der Waals surface area (Å²) in [5.41, 5.74) is 1.26. The van der Waals surface area contributed by atoms with Crippen molar-refractivity contribution in [2.24, 2.45) is 5.92 Å². The Morgan fingerprint density at radius 2 is 2.07 bits per heavy atom. The van der Waals surface area contributed by atoms with Crippen LogP contribution in [0.5, 0.6) is 0 Å². The van der Waals surface area contributed by atoms with Gasteiger partial charge in [-0.2, -0.15) is 0 Å². The number of hydrogen-bond donors (Lipinski definition) is 0. The highest BCUT2D eigenvalue weighted by Crippen LogP contribution is 2.15. The van der Waals surface area contributed by atoms with Gasteiger partial charge in [0.25, 0.3) is 0 Å². The van der Waals surface area contributed by atoms with Crippen LogP contribution in [0, 0.1) is 12.8 Å². The Labute approximate surface area is 92.1 Å². The highest BCUT2D eigenvalue weighted by Gasteiger charge is 2.15. The molecule has 0 bridgehead atoms. The van der Waals surface area contributed by atoms with E-state index in [9.17, 15) is 0 Å². The number of piperidine rings is 1. The van der Waals surface area contributed by atoms with Gasteiger partial charge in [0.2, 0.25) is 0 Å². The van der Waals surface area contributed by atoms with E-state index in [1.807, 2.05) is 12.5 Å². The van der Waals surface area contributed by atoms with E-state index in [4.69, 9.17) is 0 Å². The van der Waals surface area contributed by atoms with E-state index in [-0.39, 0.29) is 0 Å². The van der Waals surface area contributed by atoms with Crippen LogP contribution in [0.2, 0.25) is 0 Å². The first kappa shape index (κ1) is 10.7. The molecule has 0 unspecified atom stereocenters. The van der Waals surface area contributed by atoms with Crippen molar-refractivity contribution in [3.63, 3.8) is 0 Å². The van der Waals surface area contributed by atoms with E-state index >= 15 is 0 Å². The quantitative estimate of drug-likeness (QED) is 0.755. The molecular weight excluding hydrogens is 186 g/mol. The zero-order chi connectivity index (χ0) is 10.7. The molecule has 1 fully saturated rings. The second-order valence-electron chi connectivity index (χ2n) is 4.75. The zero-order valence-electron chi connectivity index (χ0n) is 9.82. The molecule has 3 heteroatoms. The summed E-state index contributed by atoms with van der Waals surface area (Å²) in [6, 6.07) is 0. The van der Waals surface area contributed by atoms with Gasteiger partial charge in [-0.05, 0) is 38.8 Å². The molecule has 0 radical (unpaired) electrons. The Hall–Kier alpha value is -0.830. The summed E-state index contributed by atoms with van der Waals surface area (Å²) < 4.78 is 2.23. The number of aromatic nitrogens is 2. The van der Waals surface area contributed by atoms with Crippen molar-refractivity contribution < 1.29 is 0 Å². The topological polar surface area (TPSA) is 21.1 Å². The third kappa shape index (κ3) is 2.81. The first-order valence-corrected chi connectivity index (χ1v) is 5.95. The van der Waals surface area contributed by atoms with Crippen LogP contribution < -0.4 is 0 Å². The minimum absolute atomic E-state index is 0.927. The third-order valence-electron chi connectivity index (χ3n) is 3.45. The molecule has 1 aliphatic heterocycles. The summed E-state index contributed by atoms with van der Waals surface area (Å²) in [6.45, 7) is 9.27. The highest BCUT2D eigenvalue weighted by molar-refractivity contribution is 4.93. The van der Waals surface area contributed by atoms with E-state index in [0.29, 0.717) is 0 Å². The number of hydrogen-bond acceptors (Lipinski definition) is 2. The lowest BCUT2D eigenvalue weighted by molar-refractivity contribution is 0.186. The molecule has 1 aromatic heterocycles. The van der Waals surface area contributed by atoms with Gasteiger partial charge < -0.3 is 9.47 Å². The largest absolute Gasteiger partial charge is 0.334 e. The van der Waals surface area contributed by atoms with Crippen molar-refractivity contribution in [1.82, 2.24) is 14.5 Å². The molecule has 0 aliphatic carbocycles. The van der Waals surface area contributed by atoms with Gasteiger partial charge in [0, 0.05) is 25.0 Å². The summed E-state index contributed by atoms with van der Waals surface area (Å²) in [5, 5.41) is 0. The number of rotatable bonds is 3. The lowest BCUT2D eigenvalue weighted by atomic mass is 9.99. The van der Waals surface area contributed by atoms with E-state index in [1.165, 1.54) is 38.2 Å². The fourth-order valence-electron chi connectivity index (χ4n) is 2.16. The van der Waals surface area contributed by atoms with Crippen LogP contribution in [-0.2, 0) is 6.54 Å². The first-order chi connectivity index (χ1) is 7.25. The predicted octanol–water partition coefficient (Wildman–Crippen LogP) is 1.92. The molecule has 1 saturated heterocycles. The van der Waals surface area contributed by atoms with Gasteiger partial charge in [-0.1, -0.05) is 6.92 Å². The second-order valence-corrected chi connectivity index (χ2v) is 4.75. The maximum Gasteiger partial charge on any atom is 0.0948 e. The molecule has 0 aromatic carbocycles. The van der Waals surface area contributed by atoms with Crippen LogP contribution in [0.25, 0.3) is 0 Å². The minimum Gasteiger partial charge on any atom is -0.334 e. The molecule has 0 amide bonds. The summed E-state index contributed by atoms with van der Waals surface area (Å²) in [6.07, 6.45) is 6.59. The summed E-state index contributed by atoms with van der Waals surface area (Å²) in [5.74, 6) is 0.927. The lowest BCUT2D eigenvalue weighted by Crippen LogP contribution is -2.35. The van der Waals surface area contributed by atoms with Crippen molar-refractivity contribution in [1.29, 1.82) is 0 Å². The molecule has 2 rings (SSSR count). The Morgan fingerprint density at radius 3 is 2.67 bits per heavy atom. The Bertz CT molecular complexity index is 298. The normalized spacial score (nSPS) is 19.6. The van der Waals surface area contributed by atoms with Crippen molar-refractivity contribution >= 4 is 0 Å². The van der Waals surface area contributed by atoms with E-state index in [2.05, 4.69) is 28.3 Å². The number of likely N-dealkylation sites (tertiary alicyclic amines) is 1. The standard InChI is InChI=1S/C12H21N3/c1-11-3-5-14(6-4-11)7-8-15-10-13-9-12(15)2/h9-11H,3-8H2,1-2H3. The van der Waals surface area contributed by atoms with Crippen LogP contribution in [0.1, 0.15) is 25.5 Å². The third-order valence-corrected chi connectivity index (χ3v) is 3.45. The Balaban J connectivity index is 1.77. The monoisotopic (exact) mass is 207 g/mol. The van der Waals surface area contributed by atoms with Gasteiger partial charge in [0.15, 0.2) is 0 Å². The van der Waals surface area contributed by atoms with Crippen LogP contribution in [0.15, 0.2) is 12.5 Å². The minimum atomic E-state index is 0.927. The maximum absolute atomic E-state index is 4.14. The Kier molecular flexibility index (Phi) is 3.41. The molecule has 0 saturated carbocycles. The van der Waals surface area contributed by atoms with Gasteiger partial charge in [-0.15, -0.1) is 0 Å².